The van der Waals surface area contributed by atoms with E-state index in [0.717, 1.165) is 24.6 Å². The average Bonchev–Trinajstić information content (AvgIpc) is 2.63. The second-order valence-electron chi connectivity index (χ2n) is 3.72. The molecule has 1 aromatic carbocycles. The van der Waals surface area contributed by atoms with E-state index in [-0.39, 0.29) is 24.0 Å². The Kier molecular flexibility index (Phi) is 5.82. The summed E-state index contributed by atoms with van der Waals surface area (Å²) in [7, 11) is 2.02. The van der Waals surface area contributed by atoms with Gasteiger partial charge >= 0.3 is 0 Å². The Balaban J connectivity index is 0.00000144. The van der Waals surface area contributed by atoms with E-state index in [2.05, 4.69) is 15.2 Å². The molecule has 0 aliphatic carbocycles. The minimum Gasteiger partial charge on any atom is -0.352 e. The van der Waals surface area contributed by atoms with Crippen LogP contribution in [-0.2, 0) is 6.54 Å². The topological polar surface area (TPSA) is 27.6 Å². The Hall–Kier alpha value is -0.200. The zero-order valence-electron chi connectivity index (χ0n) is 9.41. The van der Waals surface area contributed by atoms with Gasteiger partial charge in [0.25, 0.3) is 0 Å². The maximum atomic E-state index is 6.07. The average molecular weight is 386 g/mol. The number of nitrogens with one attached hydrogen (secondary N) is 1. The molecule has 1 N–H and O–H groups in total. The predicted octanol–water partition coefficient (Wildman–Crippen LogP) is 3.00. The van der Waals surface area contributed by atoms with Crippen LogP contribution >= 0.6 is 47.2 Å². The molecule has 1 aliphatic rings. The smallest absolute Gasteiger partial charge is 0.194 e. The van der Waals surface area contributed by atoms with Crippen LogP contribution in [0.1, 0.15) is 5.56 Å². The molecular formula is C11H14Cl2IN3. The summed E-state index contributed by atoms with van der Waals surface area (Å²) in [6, 6.07) is 5.51. The fraction of sp³-hybridized carbons (Fsp3) is 0.364. The summed E-state index contributed by atoms with van der Waals surface area (Å²) < 4.78 is 0. The Morgan fingerprint density at radius 3 is 2.76 bits per heavy atom. The maximum absolute atomic E-state index is 6.07. The molecule has 0 saturated heterocycles. The second kappa shape index (κ2) is 6.66. The molecule has 0 bridgehead atoms. The Bertz CT molecular complexity index is 423. The van der Waals surface area contributed by atoms with Crippen molar-refractivity contribution in [3.8, 4) is 0 Å². The van der Waals surface area contributed by atoms with E-state index >= 15 is 0 Å². The second-order valence-corrected chi connectivity index (χ2v) is 4.56. The Morgan fingerprint density at radius 2 is 2.18 bits per heavy atom. The molecule has 1 aromatic rings. The zero-order valence-corrected chi connectivity index (χ0v) is 13.3. The van der Waals surface area contributed by atoms with Gasteiger partial charge in [-0.3, -0.25) is 4.99 Å². The summed E-state index contributed by atoms with van der Waals surface area (Å²) in [6.45, 7) is 2.49. The van der Waals surface area contributed by atoms with Crippen LogP contribution in [0.4, 0.5) is 0 Å². The highest BCUT2D eigenvalue weighted by Gasteiger charge is 2.11. The van der Waals surface area contributed by atoms with Crippen molar-refractivity contribution in [2.45, 2.75) is 6.54 Å². The van der Waals surface area contributed by atoms with Crippen molar-refractivity contribution >= 4 is 53.1 Å². The van der Waals surface area contributed by atoms with E-state index in [1.807, 2.05) is 19.2 Å². The van der Waals surface area contributed by atoms with Gasteiger partial charge in [-0.25, -0.2) is 0 Å². The van der Waals surface area contributed by atoms with Crippen LogP contribution in [0.15, 0.2) is 23.2 Å². The molecule has 3 nitrogen and oxygen atoms in total. The zero-order chi connectivity index (χ0) is 11.5. The normalized spacial score (nSPS) is 14.3. The van der Waals surface area contributed by atoms with Crippen LogP contribution in [-0.4, -0.2) is 31.0 Å². The molecule has 6 heteroatoms. The first-order valence-electron chi connectivity index (χ1n) is 5.10. The summed E-state index contributed by atoms with van der Waals surface area (Å²) in [5.41, 5.74) is 1.02. The first-order valence-corrected chi connectivity index (χ1v) is 5.86. The van der Waals surface area contributed by atoms with Crippen molar-refractivity contribution in [1.82, 2.24) is 10.2 Å². The first kappa shape index (κ1) is 14.9. The minimum absolute atomic E-state index is 0. The van der Waals surface area contributed by atoms with Gasteiger partial charge in [-0.05, 0) is 17.7 Å². The molecule has 17 heavy (non-hydrogen) atoms. The highest BCUT2D eigenvalue weighted by Crippen LogP contribution is 2.20. The van der Waals surface area contributed by atoms with Crippen molar-refractivity contribution in [2.24, 2.45) is 4.99 Å². The Labute approximate surface area is 128 Å². The van der Waals surface area contributed by atoms with Gasteiger partial charge in [0.1, 0.15) is 0 Å². The van der Waals surface area contributed by atoms with Crippen molar-refractivity contribution in [3.05, 3.63) is 33.8 Å². The monoisotopic (exact) mass is 385 g/mol. The highest BCUT2D eigenvalue weighted by molar-refractivity contribution is 14.0. The van der Waals surface area contributed by atoms with E-state index < -0.39 is 0 Å². The van der Waals surface area contributed by atoms with E-state index in [9.17, 15) is 0 Å². The molecule has 0 atom stereocenters. The summed E-state index contributed by atoms with van der Waals surface area (Å²) in [4.78, 5) is 6.43. The summed E-state index contributed by atoms with van der Waals surface area (Å²) in [6.07, 6.45) is 0. The lowest BCUT2D eigenvalue weighted by Crippen LogP contribution is -2.35. The van der Waals surface area contributed by atoms with Crippen LogP contribution in [0.5, 0.6) is 0 Å². The van der Waals surface area contributed by atoms with Crippen molar-refractivity contribution in [3.63, 3.8) is 0 Å². The lowest BCUT2D eigenvalue weighted by Gasteiger charge is -2.15. The maximum Gasteiger partial charge on any atom is 0.194 e. The molecule has 0 aromatic heterocycles. The SMILES string of the molecule is CN1CCN=C1NCc1ccc(Cl)cc1Cl.I. The summed E-state index contributed by atoms with van der Waals surface area (Å²) in [5.74, 6) is 0.922. The van der Waals surface area contributed by atoms with Gasteiger partial charge in [0.2, 0.25) is 0 Å². The number of guanidine groups is 1. The summed E-state index contributed by atoms with van der Waals surface area (Å²) in [5, 5.41) is 4.59. The van der Waals surface area contributed by atoms with Gasteiger partial charge in [0.05, 0.1) is 6.54 Å². The van der Waals surface area contributed by atoms with Gasteiger partial charge in [-0.15, -0.1) is 24.0 Å². The predicted molar refractivity (Wildman–Crippen MR) is 83.6 cm³/mol. The molecule has 0 saturated carbocycles. The minimum atomic E-state index is 0. The van der Waals surface area contributed by atoms with Crippen LogP contribution in [0.2, 0.25) is 10.0 Å². The third-order valence-corrected chi connectivity index (χ3v) is 3.10. The number of likely N-dealkylation sites (N-methyl/N-ethyl adjacent to an activating group) is 1. The van der Waals surface area contributed by atoms with E-state index in [1.165, 1.54) is 0 Å². The van der Waals surface area contributed by atoms with Crippen molar-refractivity contribution in [2.75, 3.05) is 20.1 Å². The number of aliphatic imine (C=N–C) groups is 1. The third kappa shape index (κ3) is 3.89. The lowest BCUT2D eigenvalue weighted by molar-refractivity contribution is 0.534. The van der Waals surface area contributed by atoms with Gasteiger partial charge in [-0.1, -0.05) is 29.3 Å². The van der Waals surface area contributed by atoms with Crippen molar-refractivity contribution < 1.29 is 0 Å². The largest absolute Gasteiger partial charge is 0.352 e. The van der Waals surface area contributed by atoms with Gasteiger partial charge in [0.15, 0.2) is 5.96 Å². The standard InChI is InChI=1S/C11H13Cl2N3.HI/c1-16-5-4-14-11(16)15-7-8-2-3-9(12)6-10(8)13;/h2-3,6H,4-5,7H2,1H3,(H,14,15);1H. The van der Waals surface area contributed by atoms with Crippen LogP contribution in [0.3, 0.4) is 0 Å². The molecular weight excluding hydrogens is 372 g/mol. The molecule has 0 unspecified atom stereocenters. The van der Waals surface area contributed by atoms with Crippen molar-refractivity contribution in [1.29, 1.82) is 0 Å². The number of hydrogen-bond donors (Lipinski definition) is 1. The van der Waals surface area contributed by atoms with Crippen LogP contribution < -0.4 is 5.32 Å². The number of nitrogens with zero attached hydrogens (tertiary/aromatic N) is 2. The number of benzene rings is 1. The fourth-order valence-electron chi connectivity index (χ4n) is 1.56. The molecule has 0 amide bonds. The van der Waals surface area contributed by atoms with E-state index in [4.69, 9.17) is 23.2 Å². The van der Waals surface area contributed by atoms with Gasteiger partial charge < -0.3 is 10.2 Å². The van der Waals surface area contributed by atoms with E-state index in [1.54, 1.807) is 6.07 Å². The van der Waals surface area contributed by atoms with Crippen LogP contribution in [0.25, 0.3) is 0 Å². The third-order valence-electron chi connectivity index (χ3n) is 2.51. The number of rotatable bonds is 2. The summed E-state index contributed by atoms with van der Waals surface area (Å²) >= 11 is 11.9. The van der Waals surface area contributed by atoms with Gasteiger partial charge in [-0.2, -0.15) is 0 Å². The molecule has 0 spiro atoms. The van der Waals surface area contributed by atoms with Crippen LogP contribution in [0, 0.1) is 0 Å². The Morgan fingerprint density at radius 1 is 1.41 bits per heavy atom. The molecule has 1 heterocycles. The first-order chi connectivity index (χ1) is 7.66. The lowest BCUT2D eigenvalue weighted by atomic mass is 10.2. The highest BCUT2D eigenvalue weighted by atomic mass is 127. The quantitative estimate of drug-likeness (QED) is 0.792. The number of halogens is 3. The van der Waals surface area contributed by atoms with Gasteiger partial charge in [0, 0.05) is 30.2 Å². The van der Waals surface area contributed by atoms with E-state index in [0.29, 0.717) is 16.6 Å². The molecule has 0 radical (unpaired) electrons. The molecule has 94 valence electrons. The number of hydrogen-bond acceptors (Lipinski definition) is 3. The molecule has 2 rings (SSSR count). The fourth-order valence-corrected chi connectivity index (χ4v) is 2.04. The molecule has 0 fully saturated rings. The molecule has 1 aliphatic heterocycles.